The van der Waals surface area contributed by atoms with Gasteiger partial charge in [-0.25, -0.2) is 8.42 Å². The van der Waals surface area contributed by atoms with Crippen LogP contribution >= 0.6 is 23.2 Å². The molecule has 6 nitrogen and oxygen atoms in total. The second kappa shape index (κ2) is 5.57. The molecule has 2 aromatic heterocycles. The lowest BCUT2D eigenvalue weighted by Crippen LogP contribution is -2.18. The third kappa shape index (κ3) is 2.92. The largest absolute Gasteiger partial charge is 0.505 e. The van der Waals surface area contributed by atoms with Crippen LogP contribution < -0.4 is 4.72 Å². The molecule has 2 N–H and O–H groups in total. The molecular formula is C12H7Cl2F3N4O2S. The second-order valence-electron chi connectivity index (χ2n) is 4.68. The number of hydrogen-bond acceptors (Lipinski definition) is 3. The number of hydrogen-bond donors (Lipinski definition) is 2. The molecule has 0 aliphatic heterocycles. The van der Waals surface area contributed by atoms with E-state index in [2.05, 4.69) is 10.1 Å². The summed E-state index contributed by atoms with van der Waals surface area (Å²) in [7, 11) is -4.19. The van der Waals surface area contributed by atoms with Crippen molar-refractivity contribution in [2.75, 3.05) is 4.72 Å². The Balaban J connectivity index is 2.01. The van der Waals surface area contributed by atoms with Crippen LogP contribution in [0.25, 0.3) is 10.9 Å². The lowest BCUT2D eigenvalue weighted by Gasteiger charge is -2.08. The van der Waals surface area contributed by atoms with Gasteiger partial charge in [0, 0.05) is 22.1 Å². The third-order valence-corrected chi connectivity index (χ3v) is 5.09. The summed E-state index contributed by atoms with van der Waals surface area (Å²) in [4.78, 5) is 2.57. The highest BCUT2D eigenvalue weighted by Gasteiger charge is 2.35. The number of nitrogens with one attached hydrogen (secondary N) is 2. The van der Waals surface area contributed by atoms with Gasteiger partial charge in [0.05, 0.1) is 6.20 Å². The molecule has 0 atom stereocenters. The van der Waals surface area contributed by atoms with Crippen molar-refractivity contribution in [2.24, 2.45) is 0 Å². The minimum Gasteiger partial charge on any atom is -0.360 e. The number of aromatic nitrogens is 3. The fraction of sp³-hybridized carbons (Fsp3) is 0.0833. The van der Waals surface area contributed by atoms with Gasteiger partial charge in [0.1, 0.15) is 10.6 Å². The van der Waals surface area contributed by atoms with Crippen molar-refractivity contribution in [3.8, 4) is 0 Å². The van der Waals surface area contributed by atoms with Crippen molar-refractivity contribution in [2.45, 2.75) is 11.2 Å². The first-order valence-corrected chi connectivity index (χ1v) is 8.44. The number of nitrogens with zero attached hydrogens (tertiary/aromatic N) is 2. The third-order valence-electron chi connectivity index (χ3n) is 3.09. The van der Waals surface area contributed by atoms with Gasteiger partial charge in [0.2, 0.25) is 0 Å². The van der Waals surface area contributed by atoms with Crippen LogP contribution in [0.15, 0.2) is 35.5 Å². The number of fused-ring (bicyclic) bond motifs is 1. The zero-order chi connectivity index (χ0) is 17.7. The van der Waals surface area contributed by atoms with Gasteiger partial charge in [-0.05, 0) is 18.2 Å². The number of rotatable bonds is 3. The summed E-state index contributed by atoms with van der Waals surface area (Å²) in [6.07, 6.45) is -2.98. The molecule has 12 heteroatoms. The zero-order valence-electron chi connectivity index (χ0n) is 11.4. The molecule has 0 radical (unpaired) electrons. The first kappa shape index (κ1) is 16.9. The number of alkyl halides is 3. The molecule has 0 unspecified atom stereocenters. The van der Waals surface area contributed by atoms with Gasteiger partial charge in [0.15, 0.2) is 5.15 Å². The van der Waals surface area contributed by atoms with Gasteiger partial charge in [-0.15, -0.1) is 13.2 Å². The lowest BCUT2D eigenvalue weighted by molar-refractivity contribution is -0.212. The summed E-state index contributed by atoms with van der Waals surface area (Å²) < 4.78 is 64.3. The minimum absolute atomic E-state index is 0.162. The standard InChI is InChI=1S/C12H7Cl2F3N4O2S/c13-6-1-2-7-8(3-6)18-5-10(7)24(22,23)20-9-4-19-21(11(9)14)12(15,16)17/h1-5,18,20H. The Labute approximate surface area is 143 Å². The highest BCUT2D eigenvalue weighted by molar-refractivity contribution is 7.93. The molecule has 0 saturated carbocycles. The Kier molecular flexibility index (Phi) is 3.93. The molecule has 0 saturated heterocycles. The summed E-state index contributed by atoms with van der Waals surface area (Å²) in [5, 5.41) is 2.86. The molecule has 0 amide bonds. The van der Waals surface area contributed by atoms with Gasteiger partial charge >= 0.3 is 6.30 Å². The van der Waals surface area contributed by atoms with Crippen LogP contribution in [0.1, 0.15) is 0 Å². The van der Waals surface area contributed by atoms with Crippen LogP contribution in [-0.2, 0) is 16.3 Å². The van der Waals surface area contributed by atoms with E-state index in [4.69, 9.17) is 23.2 Å². The summed E-state index contributed by atoms with van der Waals surface area (Å²) in [5.74, 6) is 0. The molecule has 3 aromatic rings. The summed E-state index contributed by atoms with van der Waals surface area (Å²) >= 11 is 11.4. The Morgan fingerprint density at radius 2 is 1.96 bits per heavy atom. The Morgan fingerprint density at radius 1 is 1.25 bits per heavy atom. The highest BCUT2D eigenvalue weighted by Crippen LogP contribution is 2.33. The van der Waals surface area contributed by atoms with Crippen molar-refractivity contribution in [1.29, 1.82) is 0 Å². The van der Waals surface area contributed by atoms with Crippen LogP contribution in [0.4, 0.5) is 18.9 Å². The van der Waals surface area contributed by atoms with E-state index < -0.39 is 31.8 Å². The molecule has 3 rings (SSSR count). The topological polar surface area (TPSA) is 79.8 Å². The van der Waals surface area contributed by atoms with Crippen molar-refractivity contribution in [3.05, 3.63) is 40.8 Å². The van der Waals surface area contributed by atoms with Crippen LogP contribution in [-0.4, -0.2) is 23.2 Å². The van der Waals surface area contributed by atoms with E-state index in [1.165, 1.54) is 24.4 Å². The maximum atomic E-state index is 12.6. The zero-order valence-corrected chi connectivity index (χ0v) is 13.7. The number of halogens is 5. The van der Waals surface area contributed by atoms with E-state index in [1.807, 2.05) is 4.72 Å². The van der Waals surface area contributed by atoms with Crippen LogP contribution in [0.2, 0.25) is 10.2 Å². The first-order valence-electron chi connectivity index (χ1n) is 6.20. The van der Waals surface area contributed by atoms with E-state index >= 15 is 0 Å². The van der Waals surface area contributed by atoms with Gasteiger partial charge < -0.3 is 4.98 Å². The van der Waals surface area contributed by atoms with Gasteiger partial charge in [-0.3, -0.25) is 4.72 Å². The van der Waals surface area contributed by atoms with Crippen molar-refractivity contribution < 1.29 is 21.6 Å². The molecule has 0 bridgehead atoms. The maximum absolute atomic E-state index is 12.6. The van der Waals surface area contributed by atoms with E-state index in [-0.39, 0.29) is 4.90 Å². The molecule has 2 heterocycles. The second-order valence-corrected chi connectivity index (χ2v) is 7.12. The van der Waals surface area contributed by atoms with Crippen molar-refractivity contribution >= 4 is 49.8 Å². The van der Waals surface area contributed by atoms with Gasteiger partial charge in [-0.1, -0.05) is 23.2 Å². The molecule has 0 spiro atoms. The van der Waals surface area contributed by atoms with Crippen molar-refractivity contribution in [1.82, 2.24) is 14.8 Å². The molecule has 0 aliphatic rings. The maximum Gasteiger partial charge on any atom is 0.505 e. The van der Waals surface area contributed by atoms with Crippen LogP contribution in [0, 0.1) is 0 Å². The van der Waals surface area contributed by atoms with Crippen LogP contribution in [0.5, 0.6) is 0 Å². The quantitative estimate of drug-likeness (QED) is 0.700. The average Bonchev–Trinajstić information content (AvgIpc) is 3.02. The first-order chi connectivity index (χ1) is 11.1. The minimum atomic E-state index is -4.86. The predicted molar refractivity (Wildman–Crippen MR) is 82.7 cm³/mol. The van der Waals surface area contributed by atoms with Gasteiger partial charge in [0.25, 0.3) is 10.0 Å². The normalized spacial score (nSPS) is 12.7. The van der Waals surface area contributed by atoms with E-state index in [1.54, 1.807) is 0 Å². The van der Waals surface area contributed by atoms with E-state index in [0.29, 0.717) is 22.1 Å². The number of anilines is 1. The molecule has 1 aromatic carbocycles. The fourth-order valence-corrected chi connectivity index (χ4v) is 3.77. The highest BCUT2D eigenvalue weighted by atomic mass is 35.5. The average molecular weight is 399 g/mol. The molecule has 0 fully saturated rings. The lowest BCUT2D eigenvalue weighted by atomic mass is 10.2. The number of sulfonamides is 1. The van der Waals surface area contributed by atoms with Gasteiger partial charge in [-0.2, -0.15) is 9.78 Å². The smallest absolute Gasteiger partial charge is 0.360 e. The summed E-state index contributed by atoms with van der Waals surface area (Å²) in [5.41, 5.74) is -0.0303. The molecule has 0 aliphatic carbocycles. The number of benzene rings is 1. The fourth-order valence-electron chi connectivity index (χ4n) is 2.07. The van der Waals surface area contributed by atoms with Crippen LogP contribution in [0.3, 0.4) is 0 Å². The summed E-state index contributed by atoms with van der Waals surface area (Å²) in [6.45, 7) is 0. The molecular weight excluding hydrogens is 392 g/mol. The number of H-pyrrole nitrogens is 1. The Bertz CT molecular complexity index is 1030. The predicted octanol–water partition coefficient (Wildman–Crippen LogP) is 3.95. The molecule has 128 valence electrons. The Hall–Kier alpha value is -1.91. The van der Waals surface area contributed by atoms with E-state index in [0.717, 1.165) is 0 Å². The monoisotopic (exact) mass is 398 g/mol. The number of aromatic amines is 1. The molecule has 24 heavy (non-hydrogen) atoms. The Morgan fingerprint density at radius 3 is 2.58 bits per heavy atom. The van der Waals surface area contributed by atoms with E-state index in [9.17, 15) is 21.6 Å². The summed E-state index contributed by atoms with van der Waals surface area (Å²) in [6, 6.07) is 4.49. The SMILES string of the molecule is O=S(=O)(Nc1cnn(C(F)(F)F)c1Cl)c1c[nH]c2cc(Cl)ccc12. The van der Waals surface area contributed by atoms with Crippen molar-refractivity contribution in [3.63, 3.8) is 0 Å².